The molecule has 3 aliphatic heterocycles. The number of hydrogen-bond donors (Lipinski definition) is 1. The number of benzene rings is 1. The van der Waals surface area contributed by atoms with Crippen molar-refractivity contribution < 1.29 is 19.5 Å². The second-order valence-electron chi connectivity index (χ2n) is 12.7. The third-order valence-corrected chi connectivity index (χ3v) is 11.8. The molecule has 4 rings (SSSR count). The fourth-order valence-electron chi connectivity index (χ4n) is 7.80. The van der Waals surface area contributed by atoms with Crippen LogP contribution in [0.25, 0.3) is 0 Å². The van der Waals surface area contributed by atoms with Gasteiger partial charge in [0.15, 0.2) is 0 Å². The van der Waals surface area contributed by atoms with Crippen molar-refractivity contribution in [1.29, 1.82) is 0 Å². The predicted octanol–water partition coefficient (Wildman–Crippen LogP) is 4.44. The topological polar surface area (TPSA) is 84.4 Å². The summed E-state index contributed by atoms with van der Waals surface area (Å²) in [7, 11) is 1.75. The Kier molecular flexibility index (Phi) is 10.4. The van der Waals surface area contributed by atoms with Gasteiger partial charge in [0.1, 0.15) is 6.04 Å². The van der Waals surface area contributed by atoms with Crippen LogP contribution in [0.2, 0.25) is 0 Å². The first kappa shape index (κ1) is 33.1. The summed E-state index contributed by atoms with van der Waals surface area (Å²) >= 11 is 1.67. The van der Waals surface area contributed by atoms with Gasteiger partial charge in [-0.25, -0.2) is 0 Å². The minimum atomic E-state index is -0.809. The Bertz CT molecular complexity index is 1200. The van der Waals surface area contributed by atoms with E-state index in [9.17, 15) is 19.5 Å². The van der Waals surface area contributed by atoms with Gasteiger partial charge in [-0.05, 0) is 62.8 Å². The minimum Gasteiger partial charge on any atom is -0.394 e. The monoisotopic (exact) mass is 610 g/mol. The Morgan fingerprint density at radius 3 is 2.23 bits per heavy atom. The number of aliphatic hydroxyl groups is 1. The summed E-state index contributed by atoms with van der Waals surface area (Å²) in [6.45, 7) is 20.4. The predicted molar refractivity (Wildman–Crippen MR) is 176 cm³/mol. The third-order valence-electron chi connectivity index (χ3n) is 9.70. The van der Waals surface area contributed by atoms with Crippen molar-refractivity contribution in [3.8, 4) is 0 Å². The van der Waals surface area contributed by atoms with Crippen LogP contribution in [0.15, 0.2) is 49.6 Å². The Labute approximate surface area is 262 Å². The number of hydrogen-bond acceptors (Lipinski definition) is 6. The van der Waals surface area contributed by atoms with Crippen LogP contribution in [0.4, 0.5) is 11.4 Å². The van der Waals surface area contributed by atoms with E-state index >= 15 is 0 Å². The molecule has 3 saturated heterocycles. The van der Waals surface area contributed by atoms with Gasteiger partial charge >= 0.3 is 0 Å². The van der Waals surface area contributed by atoms with Crippen molar-refractivity contribution in [2.24, 2.45) is 23.7 Å². The van der Waals surface area contributed by atoms with Gasteiger partial charge < -0.3 is 24.7 Å². The molecule has 3 aliphatic rings. The van der Waals surface area contributed by atoms with Gasteiger partial charge in [0, 0.05) is 49.9 Å². The highest BCUT2D eigenvalue weighted by atomic mass is 32.2. The van der Waals surface area contributed by atoms with E-state index in [1.165, 1.54) is 0 Å². The maximum absolute atomic E-state index is 15.0. The number of carbonyl (C=O) groups excluding carboxylic acids is 3. The second kappa shape index (κ2) is 13.5. The van der Waals surface area contributed by atoms with Crippen LogP contribution in [0.5, 0.6) is 0 Å². The first-order valence-corrected chi connectivity index (χ1v) is 16.6. The van der Waals surface area contributed by atoms with Gasteiger partial charge in [-0.1, -0.05) is 32.9 Å². The molecule has 0 aliphatic carbocycles. The summed E-state index contributed by atoms with van der Waals surface area (Å²) in [6, 6.07) is 6.65. The number of amides is 3. The van der Waals surface area contributed by atoms with Crippen LogP contribution in [0.3, 0.4) is 0 Å². The van der Waals surface area contributed by atoms with E-state index < -0.39 is 28.7 Å². The highest BCUT2D eigenvalue weighted by Crippen LogP contribution is 2.69. The van der Waals surface area contributed by atoms with Crippen molar-refractivity contribution in [3.05, 3.63) is 49.6 Å². The molecule has 2 bridgehead atoms. The largest absolute Gasteiger partial charge is 0.394 e. The zero-order chi connectivity index (χ0) is 31.6. The number of likely N-dealkylation sites (N-methyl/N-ethyl adjacent to an activating group) is 1. The standard InChI is InChI=1S/C34H50N4O4S/c1-9-17-35(8)31(40)28-27-20-23(7)34(43-27)29(28)32(41)38(26(21-39)19-22(5)6)30(34)33(42)37(18-10-2)25-15-13-24(14-16-25)36(11-3)12-4/h9-10,13-16,22-23,26-30,39H,1-2,11-12,17-21H2,3-8H3/t23?,26-,27+,28-,29+,30?,34?/m1/s1. The molecular formula is C34H50N4O4S. The number of aliphatic hydroxyl groups excluding tert-OH is 1. The van der Waals surface area contributed by atoms with Gasteiger partial charge in [-0.2, -0.15) is 0 Å². The number of carbonyl (C=O) groups is 3. The Hall–Kier alpha value is -2.78. The molecule has 3 heterocycles. The van der Waals surface area contributed by atoms with Crippen molar-refractivity contribution in [3.63, 3.8) is 0 Å². The average molecular weight is 611 g/mol. The molecule has 3 fully saturated rings. The van der Waals surface area contributed by atoms with E-state index in [1.807, 2.05) is 24.3 Å². The first-order valence-electron chi connectivity index (χ1n) is 15.8. The number of thioether (sulfide) groups is 1. The van der Waals surface area contributed by atoms with E-state index in [0.717, 1.165) is 30.9 Å². The number of anilines is 2. The van der Waals surface area contributed by atoms with Gasteiger partial charge in [-0.3, -0.25) is 14.4 Å². The molecule has 1 aromatic rings. The normalized spacial score (nSPS) is 28.1. The molecule has 0 radical (unpaired) electrons. The van der Waals surface area contributed by atoms with Crippen LogP contribution in [0, 0.1) is 23.7 Å². The molecule has 0 aromatic heterocycles. The van der Waals surface area contributed by atoms with Crippen LogP contribution >= 0.6 is 11.8 Å². The van der Waals surface area contributed by atoms with Crippen LogP contribution in [-0.2, 0) is 14.4 Å². The summed E-state index contributed by atoms with van der Waals surface area (Å²) in [4.78, 5) is 50.8. The van der Waals surface area contributed by atoms with Gasteiger partial charge in [0.25, 0.3) is 5.91 Å². The molecule has 3 amide bonds. The van der Waals surface area contributed by atoms with E-state index in [0.29, 0.717) is 13.0 Å². The van der Waals surface area contributed by atoms with Gasteiger partial charge in [0.2, 0.25) is 11.8 Å². The smallest absolute Gasteiger partial charge is 0.251 e. The summed E-state index contributed by atoms with van der Waals surface area (Å²) in [5, 5.41) is 10.6. The van der Waals surface area contributed by atoms with E-state index in [2.05, 4.69) is 52.7 Å². The lowest BCUT2D eigenvalue weighted by Gasteiger charge is -2.42. The van der Waals surface area contributed by atoms with E-state index in [1.54, 1.807) is 45.7 Å². The Morgan fingerprint density at radius 2 is 1.70 bits per heavy atom. The molecule has 9 heteroatoms. The van der Waals surface area contributed by atoms with Crippen molar-refractivity contribution in [2.45, 2.75) is 69.5 Å². The molecule has 43 heavy (non-hydrogen) atoms. The van der Waals surface area contributed by atoms with Crippen LogP contribution in [0.1, 0.15) is 47.5 Å². The zero-order valence-electron chi connectivity index (χ0n) is 26.7. The summed E-state index contributed by atoms with van der Waals surface area (Å²) < 4.78 is -0.765. The lowest BCUT2D eigenvalue weighted by molar-refractivity contribution is -0.145. The lowest BCUT2D eigenvalue weighted by atomic mass is 9.65. The third kappa shape index (κ3) is 5.63. The molecule has 1 spiro atoms. The molecule has 1 N–H and O–H groups in total. The SMILES string of the molecule is C=CCN(C)C(=O)[C@@H]1[C@@H]2CC(C)C3(S2)C(C(=O)N(CC=C)c2ccc(N(CC)CC)cc2)N([C@@H](CO)CC(C)C)C(=O)[C@H]13. The van der Waals surface area contributed by atoms with Crippen LogP contribution < -0.4 is 9.80 Å². The van der Waals surface area contributed by atoms with Crippen molar-refractivity contribution in [1.82, 2.24) is 9.80 Å². The van der Waals surface area contributed by atoms with E-state index in [4.69, 9.17) is 0 Å². The second-order valence-corrected chi connectivity index (χ2v) is 14.2. The molecule has 3 unspecified atom stereocenters. The number of likely N-dealkylation sites (tertiary alicyclic amines) is 1. The van der Waals surface area contributed by atoms with Crippen LogP contribution in [-0.4, -0.2) is 94.5 Å². The quantitative estimate of drug-likeness (QED) is 0.314. The number of nitrogens with zero attached hydrogens (tertiary/aromatic N) is 4. The first-order chi connectivity index (χ1) is 20.5. The molecule has 1 aromatic carbocycles. The van der Waals surface area contributed by atoms with Crippen molar-refractivity contribution in [2.75, 3.05) is 49.6 Å². The summed E-state index contributed by atoms with van der Waals surface area (Å²) in [5.41, 5.74) is 1.82. The minimum absolute atomic E-state index is 0.0400. The zero-order valence-corrected chi connectivity index (χ0v) is 27.6. The fraction of sp³-hybridized carbons (Fsp3) is 0.618. The maximum atomic E-state index is 15.0. The average Bonchev–Trinajstić information content (AvgIpc) is 3.58. The lowest BCUT2D eigenvalue weighted by Crippen LogP contribution is -2.59. The summed E-state index contributed by atoms with van der Waals surface area (Å²) in [5.74, 6) is -1.33. The molecule has 8 nitrogen and oxygen atoms in total. The summed E-state index contributed by atoms with van der Waals surface area (Å²) in [6.07, 6.45) is 4.73. The van der Waals surface area contributed by atoms with Gasteiger partial charge in [0.05, 0.1) is 29.2 Å². The fourth-order valence-corrected chi connectivity index (χ4v) is 10.2. The molecular weight excluding hydrogens is 560 g/mol. The maximum Gasteiger partial charge on any atom is 0.251 e. The highest BCUT2D eigenvalue weighted by Gasteiger charge is 2.77. The number of rotatable bonds is 14. The van der Waals surface area contributed by atoms with Crippen molar-refractivity contribution >= 4 is 40.9 Å². The Morgan fingerprint density at radius 1 is 1.09 bits per heavy atom. The number of fused-ring (bicyclic) bond motifs is 1. The molecule has 0 saturated carbocycles. The highest BCUT2D eigenvalue weighted by molar-refractivity contribution is 8.02. The molecule has 7 atom stereocenters. The molecule has 236 valence electrons. The van der Waals surface area contributed by atoms with Gasteiger partial charge in [-0.15, -0.1) is 24.9 Å². The Balaban J connectivity index is 1.83. The van der Waals surface area contributed by atoms with E-state index in [-0.39, 0.29) is 48.0 Å².